The molecule has 0 saturated heterocycles. The molecule has 0 bridgehead atoms. The van der Waals surface area contributed by atoms with E-state index in [2.05, 4.69) is 24.3 Å². The summed E-state index contributed by atoms with van der Waals surface area (Å²) in [6.45, 7) is 4.97. The number of carbonyl (C=O) groups is 1. The van der Waals surface area contributed by atoms with E-state index in [0.29, 0.717) is 13.0 Å². The molecule has 0 unspecified atom stereocenters. The molecule has 0 radical (unpaired) electrons. The van der Waals surface area contributed by atoms with Gasteiger partial charge in [0.25, 0.3) is 0 Å². The number of hydrogen-bond acceptors (Lipinski definition) is 4. The largest absolute Gasteiger partial charge is 0.454 e. The second kappa shape index (κ2) is 7.38. The van der Waals surface area contributed by atoms with Crippen molar-refractivity contribution >= 4 is 5.91 Å². The third kappa shape index (κ3) is 3.86. The fourth-order valence-corrected chi connectivity index (χ4v) is 3.16. The highest BCUT2D eigenvalue weighted by Crippen LogP contribution is 2.36. The molecule has 28 heavy (non-hydrogen) atoms. The first-order chi connectivity index (χ1) is 13.5. The Kier molecular flexibility index (Phi) is 4.77. The summed E-state index contributed by atoms with van der Waals surface area (Å²) in [6, 6.07) is 15.8. The zero-order valence-electron chi connectivity index (χ0n) is 16.0. The molecule has 1 amide bonds. The van der Waals surface area contributed by atoms with Gasteiger partial charge in [-0.25, -0.2) is 4.68 Å². The minimum atomic E-state index is -0.231. The Bertz CT molecular complexity index is 980. The standard InChI is InChI=1S/C22H23N3O3/c1-22(2,17-8-9-19-20(11-17)28-15-27-19)14-23-21(26)10-16-12-24-25(13-16)18-6-4-3-5-7-18/h3-9,11-13H,10,14-15H2,1-2H3,(H,23,26). The van der Waals surface area contributed by atoms with Gasteiger partial charge in [0.2, 0.25) is 12.7 Å². The van der Waals surface area contributed by atoms with Crippen molar-refractivity contribution in [1.29, 1.82) is 0 Å². The summed E-state index contributed by atoms with van der Waals surface area (Å²) in [5.41, 5.74) is 2.71. The number of para-hydroxylation sites is 1. The molecule has 1 aliphatic heterocycles. The molecule has 144 valence electrons. The van der Waals surface area contributed by atoms with Crippen molar-refractivity contribution in [2.45, 2.75) is 25.7 Å². The summed E-state index contributed by atoms with van der Waals surface area (Å²) in [4.78, 5) is 12.4. The number of benzene rings is 2. The van der Waals surface area contributed by atoms with Crippen LogP contribution in [0.15, 0.2) is 60.9 Å². The Hall–Kier alpha value is -3.28. The third-order valence-electron chi connectivity index (χ3n) is 4.90. The van der Waals surface area contributed by atoms with Gasteiger partial charge in [0.05, 0.1) is 18.3 Å². The van der Waals surface area contributed by atoms with Crippen molar-refractivity contribution in [3.8, 4) is 17.2 Å². The molecule has 6 heteroatoms. The van der Waals surface area contributed by atoms with E-state index in [-0.39, 0.29) is 18.1 Å². The van der Waals surface area contributed by atoms with Crippen molar-refractivity contribution < 1.29 is 14.3 Å². The van der Waals surface area contributed by atoms with Gasteiger partial charge >= 0.3 is 0 Å². The molecule has 1 aliphatic rings. The van der Waals surface area contributed by atoms with Crippen molar-refractivity contribution in [2.75, 3.05) is 13.3 Å². The third-order valence-corrected chi connectivity index (χ3v) is 4.90. The lowest BCUT2D eigenvalue weighted by molar-refractivity contribution is -0.120. The number of fused-ring (bicyclic) bond motifs is 1. The lowest BCUT2D eigenvalue weighted by Gasteiger charge is -2.26. The normalized spacial score (nSPS) is 12.8. The second-order valence-corrected chi connectivity index (χ2v) is 7.53. The van der Waals surface area contributed by atoms with E-state index in [0.717, 1.165) is 28.3 Å². The highest BCUT2D eigenvalue weighted by molar-refractivity contribution is 5.78. The van der Waals surface area contributed by atoms with Crippen LogP contribution in [0.4, 0.5) is 0 Å². The van der Waals surface area contributed by atoms with E-state index in [1.807, 2.05) is 54.7 Å². The van der Waals surface area contributed by atoms with Crippen LogP contribution >= 0.6 is 0 Å². The molecule has 3 aromatic rings. The maximum atomic E-state index is 12.4. The summed E-state index contributed by atoms with van der Waals surface area (Å²) in [6.07, 6.45) is 3.91. The average molecular weight is 377 g/mol. The fraction of sp³-hybridized carbons (Fsp3) is 0.273. The zero-order valence-corrected chi connectivity index (χ0v) is 16.0. The lowest BCUT2D eigenvalue weighted by atomic mass is 9.84. The van der Waals surface area contributed by atoms with E-state index in [1.165, 1.54) is 0 Å². The average Bonchev–Trinajstić information content (AvgIpc) is 3.36. The first-order valence-electron chi connectivity index (χ1n) is 9.27. The molecule has 4 rings (SSSR count). The van der Waals surface area contributed by atoms with Crippen LogP contribution in [0, 0.1) is 0 Å². The Morgan fingerprint density at radius 1 is 1.14 bits per heavy atom. The Labute approximate surface area is 164 Å². The van der Waals surface area contributed by atoms with Gasteiger partial charge in [0.15, 0.2) is 11.5 Å². The molecule has 6 nitrogen and oxygen atoms in total. The molecule has 0 aliphatic carbocycles. The maximum Gasteiger partial charge on any atom is 0.231 e. The summed E-state index contributed by atoms with van der Waals surface area (Å²) in [5.74, 6) is 1.49. The van der Waals surface area contributed by atoms with E-state index in [4.69, 9.17) is 9.47 Å². The first kappa shape index (κ1) is 18.1. The van der Waals surface area contributed by atoms with Gasteiger partial charge in [-0.15, -0.1) is 0 Å². The number of amides is 1. The fourth-order valence-electron chi connectivity index (χ4n) is 3.16. The highest BCUT2D eigenvalue weighted by Gasteiger charge is 2.24. The number of nitrogens with one attached hydrogen (secondary N) is 1. The van der Waals surface area contributed by atoms with Crippen LogP contribution in [-0.4, -0.2) is 29.0 Å². The molecule has 2 aromatic carbocycles. The van der Waals surface area contributed by atoms with E-state index < -0.39 is 0 Å². The van der Waals surface area contributed by atoms with Crippen molar-refractivity contribution in [3.05, 3.63) is 72.1 Å². The van der Waals surface area contributed by atoms with Crippen molar-refractivity contribution in [3.63, 3.8) is 0 Å². The second-order valence-electron chi connectivity index (χ2n) is 7.53. The number of ether oxygens (including phenoxy) is 2. The summed E-state index contributed by atoms with van der Waals surface area (Å²) < 4.78 is 12.6. The van der Waals surface area contributed by atoms with Crippen LogP contribution in [0.25, 0.3) is 5.69 Å². The van der Waals surface area contributed by atoms with Crippen LogP contribution in [0.5, 0.6) is 11.5 Å². The number of hydrogen-bond donors (Lipinski definition) is 1. The Morgan fingerprint density at radius 2 is 1.93 bits per heavy atom. The minimum Gasteiger partial charge on any atom is -0.454 e. The van der Waals surface area contributed by atoms with Crippen molar-refractivity contribution in [1.82, 2.24) is 15.1 Å². The van der Waals surface area contributed by atoms with Gasteiger partial charge in [0, 0.05) is 18.2 Å². The highest BCUT2D eigenvalue weighted by atomic mass is 16.7. The summed E-state index contributed by atoms with van der Waals surface area (Å²) >= 11 is 0. The predicted molar refractivity (Wildman–Crippen MR) is 106 cm³/mol. The summed E-state index contributed by atoms with van der Waals surface area (Å²) in [7, 11) is 0. The SMILES string of the molecule is CC(C)(CNC(=O)Cc1cnn(-c2ccccc2)c1)c1ccc2c(c1)OCO2. The maximum absolute atomic E-state index is 12.4. The van der Waals surface area contributed by atoms with E-state index >= 15 is 0 Å². The molecule has 0 fully saturated rings. The van der Waals surface area contributed by atoms with Gasteiger partial charge in [-0.05, 0) is 35.4 Å². The lowest BCUT2D eigenvalue weighted by Crippen LogP contribution is -2.37. The number of nitrogens with zero attached hydrogens (tertiary/aromatic N) is 2. The van der Waals surface area contributed by atoms with Crippen LogP contribution < -0.4 is 14.8 Å². The smallest absolute Gasteiger partial charge is 0.231 e. The summed E-state index contributed by atoms with van der Waals surface area (Å²) in [5, 5.41) is 7.38. The van der Waals surface area contributed by atoms with Gasteiger partial charge in [-0.2, -0.15) is 5.10 Å². The Balaban J connectivity index is 1.36. The molecule has 1 N–H and O–H groups in total. The van der Waals surface area contributed by atoms with Crippen LogP contribution in [0.2, 0.25) is 0 Å². The molecular weight excluding hydrogens is 354 g/mol. The van der Waals surface area contributed by atoms with Crippen molar-refractivity contribution in [2.24, 2.45) is 0 Å². The van der Waals surface area contributed by atoms with Crippen LogP contribution in [0.1, 0.15) is 25.0 Å². The van der Waals surface area contributed by atoms with Gasteiger partial charge in [-0.3, -0.25) is 4.79 Å². The topological polar surface area (TPSA) is 65.4 Å². The molecule has 0 atom stereocenters. The zero-order chi connectivity index (χ0) is 19.6. The quantitative estimate of drug-likeness (QED) is 0.716. The van der Waals surface area contributed by atoms with Crippen LogP contribution in [-0.2, 0) is 16.6 Å². The Morgan fingerprint density at radius 3 is 2.75 bits per heavy atom. The number of carbonyl (C=O) groups excluding carboxylic acids is 1. The molecule has 0 spiro atoms. The van der Waals surface area contributed by atoms with E-state index in [9.17, 15) is 4.79 Å². The molecular formula is C22H23N3O3. The first-order valence-corrected chi connectivity index (χ1v) is 9.27. The minimum absolute atomic E-state index is 0.0265. The monoisotopic (exact) mass is 377 g/mol. The molecule has 2 heterocycles. The van der Waals surface area contributed by atoms with Gasteiger partial charge in [-0.1, -0.05) is 38.1 Å². The number of aromatic nitrogens is 2. The van der Waals surface area contributed by atoms with Gasteiger partial charge in [0.1, 0.15) is 0 Å². The van der Waals surface area contributed by atoms with Crippen LogP contribution in [0.3, 0.4) is 0 Å². The van der Waals surface area contributed by atoms with E-state index in [1.54, 1.807) is 10.9 Å². The molecule has 0 saturated carbocycles. The van der Waals surface area contributed by atoms with Gasteiger partial charge < -0.3 is 14.8 Å². The number of rotatable bonds is 6. The molecule has 1 aromatic heterocycles. The predicted octanol–water partition coefficient (Wildman–Crippen LogP) is 3.24.